The number of aryl methyl sites for hydroxylation is 1. The lowest BCUT2D eigenvalue weighted by Crippen LogP contribution is -2.42. The van der Waals surface area contributed by atoms with Crippen LogP contribution in [0.2, 0.25) is 0 Å². The summed E-state index contributed by atoms with van der Waals surface area (Å²) in [6.45, 7) is 5.16. The summed E-state index contributed by atoms with van der Waals surface area (Å²) in [5.74, 6) is -1.32. The van der Waals surface area contributed by atoms with Gasteiger partial charge in [-0.15, -0.1) is 0 Å². The molecule has 0 saturated carbocycles. The second-order valence-corrected chi connectivity index (χ2v) is 4.08. The molecule has 1 aromatic rings. The summed E-state index contributed by atoms with van der Waals surface area (Å²) in [5, 5.41) is 12.0. The van der Waals surface area contributed by atoms with Gasteiger partial charge < -0.3 is 10.4 Å². The average molecular weight is 225 g/mol. The number of rotatable bonds is 4. The standard InChI is InChI=1S/C12H16FNO2/c1-4-12(3,11(15)16)14-10-7-9(13)6-5-8(10)2/h5-7,14H,4H2,1-3H3,(H,15,16). The molecule has 1 unspecified atom stereocenters. The Kier molecular flexibility index (Phi) is 3.52. The van der Waals surface area contributed by atoms with E-state index in [2.05, 4.69) is 5.32 Å². The third kappa shape index (κ3) is 2.51. The van der Waals surface area contributed by atoms with Crippen molar-refractivity contribution in [2.75, 3.05) is 5.32 Å². The first-order valence-corrected chi connectivity index (χ1v) is 5.17. The van der Waals surface area contributed by atoms with Crippen LogP contribution in [-0.4, -0.2) is 16.6 Å². The molecule has 1 atom stereocenters. The highest BCUT2D eigenvalue weighted by molar-refractivity contribution is 5.82. The summed E-state index contributed by atoms with van der Waals surface area (Å²) in [4.78, 5) is 11.1. The number of carbonyl (C=O) groups is 1. The van der Waals surface area contributed by atoms with E-state index in [1.165, 1.54) is 12.1 Å². The molecule has 1 aromatic carbocycles. The highest BCUT2D eigenvalue weighted by Gasteiger charge is 2.31. The zero-order chi connectivity index (χ0) is 12.3. The Morgan fingerprint density at radius 1 is 1.56 bits per heavy atom. The molecule has 4 heteroatoms. The van der Waals surface area contributed by atoms with Crippen LogP contribution in [0.3, 0.4) is 0 Å². The minimum Gasteiger partial charge on any atom is -0.480 e. The van der Waals surface area contributed by atoms with E-state index in [1.807, 2.05) is 0 Å². The summed E-state index contributed by atoms with van der Waals surface area (Å²) in [6, 6.07) is 4.28. The number of carboxylic acids is 1. The number of nitrogens with one attached hydrogen (secondary N) is 1. The van der Waals surface area contributed by atoms with Crippen LogP contribution in [0.25, 0.3) is 0 Å². The topological polar surface area (TPSA) is 49.3 Å². The maximum atomic E-state index is 13.0. The SMILES string of the molecule is CCC(C)(Nc1cc(F)ccc1C)C(=O)O. The third-order valence-corrected chi connectivity index (χ3v) is 2.79. The van der Waals surface area contributed by atoms with Gasteiger partial charge in [0.15, 0.2) is 0 Å². The Balaban J connectivity index is 3.03. The average Bonchev–Trinajstić information content (AvgIpc) is 2.23. The molecule has 0 radical (unpaired) electrons. The van der Waals surface area contributed by atoms with Crippen molar-refractivity contribution in [3.05, 3.63) is 29.6 Å². The van der Waals surface area contributed by atoms with Crippen molar-refractivity contribution in [3.63, 3.8) is 0 Å². The number of halogens is 1. The second kappa shape index (κ2) is 4.51. The van der Waals surface area contributed by atoms with E-state index in [9.17, 15) is 9.18 Å². The number of anilines is 1. The van der Waals surface area contributed by atoms with Gasteiger partial charge in [-0.05, 0) is 38.0 Å². The van der Waals surface area contributed by atoms with Crippen LogP contribution in [0.1, 0.15) is 25.8 Å². The van der Waals surface area contributed by atoms with E-state index in [0.29, 0.717) is 12.1 Å². The fourth-order valence-electron chi connectivity index (χ4n) is 1.32. The molecule has 0 aliphatic rings. The smallest absolute Gasteiger partial charge is 0.329 e. The van der Waals surface area contributed by atoms with E-state index < -0.39 is 11.5 Å². The molecule has 0 amide bonds. The van der Waals surface area contributed by atoms with Gasteiger partial charge in [0.1, 0.15) is 11.4 Å². The van der Waals surface area contributed by atoms with Crippen molar-refractivity contribution in [1.29, 1.82) is 0 Å². The fourth-order valence-corrected chi connectivity index (χ4v) is 1.32. The summed E-state index contributed by atoms with van der Waals surface area (Å²) in [5.41, 5.74) is 0.271. The molecule has 1 rings (SSSR count). The van der Waals surface area contributed by atoms with E-state index in [-0.39, 0.29) is 5.82 Å². The van der Waals surface area contributed by atoms with Crippen molar-refractivity contribution >= 4 is 11.7 Å². The van der Waals surface area contributed by atoms with Gasteiger partial charge >= 0.3 is 5.97 Å². The van der Waals surface area contributed by atoms with Crippen LogP contribution in [0, 0.1) is 12.7 Å². The summed E-state index contributed by atoms with van der Waals surface area (Å²) in [7, 11) is 0. The van der Waals surface area contributed by atoms with Crippen LogP contribution < -0.4 is 5.32 Å². The zero-order valence-electron chi connectivity index (χ0n) is 9.67. The Bertz CT molecular complexity index is 406. The lowest BCUT2D eigenvalue weighted by molar-refractivity contribution is -0.141. The van der Waals surface area contributed by atoms with Crippen molar-refractivity contribution in [1.82, 2.24) is 0 Å². The maximum absolute atomic E-state index is 13.0. The molecule has 0 aliphatic carbocycles. The third-order valence-electron chi connectivity index (χ3n) is 2.79. The fraction of sp³-hybridized carbons (Fsp3) is 0.417. The van der Waals surface area contributed by atoms with E-state index >= 15 is 0 Å². The summed E-state index contributed by atoms with van der Waals surface area (Å²) >= 11 is 0. The number of hydrogen-bond acceptors (Lipinski definition) is 2. The van der Waals surface area contributed by atoms with Crippen molar-refractivity contribution in [3.8, 4) is 0 Å². The van der Waals surface area contributed by atoms with Gasteiger partial charge in [-0.3, -0.25) is 0 Å². The van der Waals surface area contributed by atoms with Gasteiger partial charge in [-0.1, -0.05) is 13.0 Å². The molecule has 0 fully saturated rings. The quantitative estimate of drug-likeness (QED) is 0.828. The summed E-state index contributed by atoms with van der Waals surface area (Å²) < 4.78 is 13.0. The predicted octanol–water partition coefficient (Wildman–Crippen LogP) is 2.80. The molecule has 2 N–H and O–H groups in total. The molecule has 16 heavy (non-hydrogen) atoms. The lowest BCUT2D eigenvalue weighted by atomic mass is 9.98. The van der Waals surface area contributed by atoms with Crippen LogP contribution in [0.15, 0.2) is 18.2 Å². The van der Waals surface area contributed by atoms with Gasteiger partial charge in [-0.25, -0.2) is 9.18 Å². The molecule has 0 aliphatic heterocycles. The normalized spacial score (nSPS) is 14.2. The number of hydrogen-bond donors (Lipinski definition) is 2. The van der Waals surface area contributed by atoms with Crippen LogP contribution in [-0.2, 0) is 4.79 Å². The molecule has 3 nitrogen and oxygen atoms in total. The first-order chi connectivity index (χ1) is 7.39. The molecule has 0 aromatic heterocycles. The Morgan fingerprint density at radius 2 is 2.19 bits per heavy atom. The zero-order valence-corrected chi connectivity index (χ0v) is 9.67. The summed E-state index contributed by atoms with van der Waals surface area (Å²) in [6.07, 6.45) is 0.415. The molecular weight excluding hydrogens is 209 g/mol. The Morgan fingerprint density at radius 3 is 2.69 bits per heavy atom. The van der Waals surface area contributed by atoms with Gasteiger partial charge in [0.25, 0.3) is 0 Å². The first-order valence-electron chi connectivity index (χ1n) is 5.17. The molecular formula is C12H16FNO2. The largest absolute Gasteiger partial charge is 0.480 e. The van der Waals surface area contributed by atoms with E-state index in [0.717, 1.165) is 5.56 Å². The molecule has 0 spiro atoms. The van der Waals surface area contributed by atoms with Crippen molar-refractivity contribution in [2.24, 2.45) is 0 Å². The van der Waals surface area contributed by atoms with Crippen LogP contribution in [0.4, 0.5) is 10.1 Å². The Hall–Kier alpha value is -1.58. The van der Waals surface area contributed by atoms with Gasteiger partial charge in [0.2, 0.25) is 0 Å². The Labute approximate surface area is 94.3 Å². The molecule has 0 heterocycles. The minimum atomic E-state index is -1.07. The van der Waals surface area contributed by atoms with Gasteiger partial charge in [0, 0.05) is 5.69 Å². The lowest BCUT2D eigenvalue weighted by Gasteiger charge is -2.26. The minimum absolute atomic E-state index is 0.378. The van der Waals surface area contributed by atoms with Crippen LogP contribution in [0.5, 0.6) is 0 Å². The number of benzene rings is 1. The van der Waals surface area contributed by atoms with Crippen molar-refractivity contribution < 1.29 is 14.3 Å². The van der Waals surface area contributed by atoms with Crippen molar-refractivity contribution in [2.45, 2.75) is 32.7 Å². The molecule has 0 saturated heterocycles. The number of carboxylic acid groups (broad SMARTS) is 1. The van der Waals surface area contributed by atoms with Gasteiger partial charge in [-0.2, -0.15) is 0 Å². The van der Waals surface area contributed by atoms with E-state index in [4.69, 9.17) is 5.11 Å². The highest BCUT2D eigenvalue weighted by atomic mass is 19.1. The van der Waals surface area contributed by atoms with E-state index in [1.54, 1.807) is 26.8 Å². The second-order valence-electron chi connectivity index (χ2n) is 4.08. The monoisotopic (exact) mass is 225 g/mol. The van der Waals surface area contributed by atoms with Gasteiger partial charge in [0.05, 0.1) is 0 Å². The predicted molar refractivity (Wildman–Crippen MR) is 61.1 cm³/mol. The molecule has 88 valence electrons. The highest BCUT2D eigenvalue weighted by Crippen LogP contribution is 2.23. The number of aliphatic carboxylic acids is 1. The molecule has 0 bridgehead atoms. The maximum Gasteiger partial charge on any atom is 0.329 e. The van der Waals surface area contributed by atoms with Crippen LogP contribution >= 0.6 is 0 Å². The first kappa shape index (κ1) is 12.5.